The molecular weight excluding hydrogens is 248 g/mol. The van der Waals surface area contributed by atoms with Crippen LogP contribution in [0.4, 0.5) is 0 Å². The zero-order chi connectivity index (χ0) is 13.9. The van der Waals surface area contributed by atoms with E-state index in [-0.39, 0.29) is 18.0 Å². The Balaban J connectivity index is 2.05. The van der Waals surface area contributed by atoms with E-state index >= 15 is 0 Å². The Morgan fingerprint density at radius 3 is 2.84 bits per heavy atom. The first kappa shape index (κ1) is 13.8. The fourth-order valence-corrected chi connectivity index (χ4v) is 2.17. The van der Waals surface area contributed by atoms with Crippen LogP contribution in [-0.4, -0.2) is 58.4 Å². The van der Waals surface area contributed by atoms with Gasteiger partial charge in [0.1, 0.15) is 5.75 Å². The summed E-state index contributed by atoms with van der Waals surface area (Å²) in [6, 6.07) is 2.97. The van der Waals surface area contributed by atoms with Crippen LogP contribution in [0.25, 0.3) is 0 Å². The van der Waals surface area contributed by atoms with Crippen molar-refractivity contribution in [1.29, 1.82) is 0 Å². The molecule has 2 heterocycles. The molecule has 0 unspecified atom stereocenters. The average molecular weight is 266 g/mol. The molecule has 6 heteroatoms. The number of amides is 1. The van der Waals surface area contributed by atoms with E-state index in [1.54, 1.807) is 13.1 Å². The fraction of sp³-hybridized carbons (Fsp3) is 0.538. The number of likely N-dealkylation sites (N-methyl/N-ethyl adjacent to an activating group) is 1. The van der Waals surface area contributed by atoms with Crippen molar-refractivity contribution in [3.8, 4) is 5.75 Å². The topological polar surface area (TPSA) is 82.9 Å². The summed E-state index contributed by atoms with van der Waals surface area (Å²) in [6.07, 6.45) is 2.45. The Bertz CT molecular complexity index is 458. The van der Waals surface area contributed by atoms with E-state index in [0.717, 1.165) is 0 Å². The molecule has 0 bridgehead atoms. The number of ether oxygens (including phenoxy) is 1. The Labute approximate surface area is 111 Å². The molecular formula is C13H18N2O4. The molecule has 2 N–H and O–H groups in total. The van der Waals surface area contributed by atoms with Gasteiger partial charge in [-0.15, -0.1) is 0 Å². The van der Waals surface area contributed by atoms with Crippen LogP contribution < -0.4 is 0 Å². The second kappa shape index (κ2) is 5.54. The van der Waals surface area contributed by atoms with Crippen LogP contribution in [-0.2, 0) is 4.74 Å². The predicted molar refractivity (Wildman–Crippen MR) is 67.9 cm³/mol. The molecule has 1 amide bonds. The summed E-state index contributed by atoms with van der Waals surface area (Å²) in [7, 11) is 1.59. The lowest BCUT2D eigenvalue weighted by molar-refractivity contribution is -0.0734. The molecule has 0 spiro atoms. The molecule has 0 radical (unpaired) electrons. The van der Waals surface area contributed by atoms with Gasteiger partial charge in [-0.05, 0) is 12.1 Å². The summed E-state index contributed by atoms with van der Waals surface area (Å²) < 4.78 is 5.19. The van der Waals surface area contributed by atoms with E-state index in [1.807, 2.05) is 0 Å². The van der Waals surface area contributed by atoms with Gasteiger partial charge in [0, 0.05) is 45.8 Å². The van der Waals surface area contributed by atoms with Crippen LogP contribution in [0.15, 0.2) is 18.3 Å². The summed E-state index contributed by atoms with van der Waals surface area (Å²) in [6.45, 7) is 1.19. The largest absolute Gasteiger partial charge is 0.505 e. The molecule has 1 fully saturated rings. The van der Waals surface area contributed by atoms with Crippen molar-refractivity contribution >= 4 is 5.91 Å². The standard InChI is InChI=1S/C13H18N2O4/c1-15(9-13(18)4-7-19-8-5-13)12(17)11-10(16)3-2-6-14-11/h2-3,6,16,18H,4-5,7-9H2,1H3. The third kappa shape index (κ3) is 3.21. The molecule has 104 valence electrons. The Morgan fingerprint density at radius 2 is 2.21 bits per heavy atom. The SMILES string of the molecule is CN(CC1(O)CCOCC1)C(=O)c1ncccc1O. The van der Waals surface area contributed by atoms with Gasteiger partial charge < -0.3 is 19.8 Å². The molecule has 0 atom stereocenters. The van der Waals surface area contributed by atoms with Crippen LogP contribution in [0.3, 0.4) is 0 Å². The lowest BCUT2D eigenvalue weighted by atomic mass is 9.94. The number of aliphatic hydroxyl groups is 1. The quantitative estimate of drug-likeness (QED) is 0.827. The van der Waals surface area contributed by atoms with Crippen LogP contribution in [0.1, 0.15) is 23.3 Å². The highest BCUT2D eigenvalue weighted by atomic mass is 16.5. The van der Waals surface area contributed by atoms with Crippen LogP contribution in [0.2, 0.25) is 0 Å². The first-order valence-corrected chi connectivity index (χ1v) is 6.21. The minimum absolute atomic E-state index is 0.000611. The third-order valence-electron chi connectivity index (χ3n) is 3.29. The van der Waals surface area contributed by atoms with Crippen molar-refractivity contribution in [3.63, 3.8) is 0 Å². The molecule has 19 heavy (non-hydrogen) atoms. The second-order valence-corrected chi connectivity index (χ2v) is 4.87. The lowest BCUT2D eigenvalue weighted by Crippen LogP contribution is -2.47. The monoisotopic (exact) mass is 266 g/mol. The molecule has 2 rings (SSSR count). The molecule has 0 aliphatic carbocycles. The first-order chi connectivity index (χ1) is 9.02. The maximum absolute atomic E-state index is 12.1. The summed E-state index contributed by atoms with van der Waals surface area (Å²) >= 11 is 0. The number of nitrogens with zero attached hydrogens (tertiary/aromatic N) is 2. The molecule has 1 aromatic heterocycles. The summed E-state index contributed by atoms with van der Waals surface area (Å²) in [5.74, 6) is -0.559. The number of rotatable bonds is 3. The minimum atomic E-state index is -0.924. The smallest absolute Gasteiger partial charge is 0.276 e. The van der Waals surface area contributed by atoms with E-state index in [4.69, 9.17) is 4.74 Å². The van der Waals surface area contributed by atoms with Gasteiger partial charge in [-0.1, -0.05) is 0 Å². The summed E-state index contributed by atoms with van der Waals surface area (Å²) in [4.78, 5) is 17.4. The second-order valence-electron chi connectivity index (χ2n) is 4.87. The number of aromatic hydroxyl groups is 1. The van der Waals surface area contributed by atoms with Gasteiger partial charge in [-0.2, -0.15) is 0 Å². The Kier molecular flexibility index (Phi) is 4.01. The minimum Gasteiger partial charge on any atom is -0.505 e. The number of hydrogen-bond acceptors (Lipinski definition) is 5. The van der Waals surface area contributed by atoms with Crippen molar-refractivity contribution in [1.82, 2.24) is 9.88 Å². The summed E-state index contributed by atoms with van der Waals surface area (Å²) in [5.41, 5.74) is -0.923. The van der Waals surface area contributed by atoms with E-state index in [2.05, 4.69) is 4.98 Å². The lowest BCUT2D eigenvalue weighted by Gasteiger charge is -2.35. The van der Waals surface area contributed by atoms with Gasteiger partial charge in [0.15, 0.2) is 5.69 Å². The highest BCUT2D eigenvalue weighted by Gasteiger charge is 2.33. The number of aromatic nitrogens is 1. The number of carbonyl (C=O) groups is 1. The van der Waals surface area contributed by atoms with Crippen molar-refractivity contribution < 1.29 is 19.7 Å². The van der Waals surface area contributed by atoms with Gasteiger partial charge in [0.2, 0.25) is 0 Å². The maximum Gasteiger partial charge on any atom is 0.276 e. The van der Waals surface area contributed by atoms with Crippen LogP contribution in [0.5, 0.6) is 5.75 Å². The number of carbonyl (C=O) groups excluding carboxylic acids is 1. The highest BCUT2D eigenvalue weighted by molar-refractivity contribution is 5.94. The molecule has 1 saturated heterocycles. The summed E-state index contributed by atoms with van der Waals surface area (Å²) in [5, 5.41) is 20.0. The normalized spacial score (nSPS) is 18.0. The number of hydrogen-bond donors (Lipinski definition) is 2. The zero-order valence-corrected chi connectivity index (χ0v) is 10.9. The molecule has 1 aromatic rings. The number of pyridine rings is 1. The van der Waals surface area contributed by atoms with E-state index in [9.17, 15) is 15.0 Å². The third-order valence-corrected chi connectivity index (χ3v) is 3.29. The van der Waals surface area contributed by atoms with Gasteiger partial charge >= 0.3 is 0 Å². The van der Waals surface area contributed by atoms with Crippen LogP contribution >= 0.6 is 0 Å². The first-order valence-electron chi connectivity index (χ1n) is 6.21. The van der Waals surface area contributed by atoms with Crippen molar-refractivity contribution in [2.45, 2.75) is 18.4 Å². The van der Waals surface area contributed by atoms with Gasteiger partial charge in [-0.25, -0.2) is 4.98 Å². The molecule has 6 nitrogen and oxygen atoms in total. The average Bonchev–Trinajstić information content (AvgIpc) is 2.39. The van der Waals surface area contributed by atoms with Gasteiger partial charge in [-0.3, -0.25) is 4.79 Å². The fourth-order valence-electron chi connectivity index (χ4n) is 2.17. The Morgan fingerprint density at radius 1 is 1.53 bits per heavy atom. The van der Waals surface area contributed by atoms with Crippen molar-refractivity contribution in [3.05, 3.63) is 24.0 Å². The van der Waals surface area contributed by atoms with Crippen molar-refractivity contribution in [2.24, 2.45) is 0 Å². The highest BCUT2D eigenvalue weighted by Crippen LogP contribution is 2.22. The van der Waals surface area contributed by atoms with Crippen molar-refractivity contribution in [2.75, 3.05) is 26.8 Å². The zero-order valence-electron chi connectivity index (χ0n) is 10.9. The Hall–Kier alpha value is -1.66. The van der Waals surface area contributed by atoms with E-state index < -0.39 is 11.5 Å². The molecule has 0 saturated carbocycles. The van der Waals surface area contributed by atoms with Crippen LogP contribution in [0, 0.1) is 0 Å². The predicted octanol–water partition coefficient (Wildman–Crippen LogP) is 0.401. The maximum atomic E-state index is 12.1. The van der Waals surface area contributed by atoms with E-state index in [0.29, 0.717) is 26.1 Å². The van der Waals surface area contributed by atoms with Gasteiger partial charge in [0.05, 0.1) is 5.60 Å². The molecule has 1 aliphatic rings. The van der Waals surface area contributed by atoms with Gasteiger partial charge in [0.25, 0.3) is 5.91 Å². The van der Waals surface area contributed by atoms with E-state index in [1.165, 1.54) is 17.2 Å². The molecule has 0 aromatic carbocycles. The molecule has 1 aliphatic heterocycles.